The van der Waals surface area contributed by atoms with Crippen molar-refractivity contribution in [2.24, 2.45) is 0 Å². The standard InChI is InChI=1S/C14H19ClN2O4/c1-2-8-21-12-6-5-10(15)9-11(12)17-14(20)16-7-3-4-13(18)19/h5-6,9H,2-4,7-8H2,1H3,(H,18,19)(H2,16,17,20). The highest BCUT2D eigenvalue weighted by Gasteiger charge is 2.08. The van der Waals surface area contributed by atoms with Gasteiger partial charge in [-0.2, -0.15) is 0 Å². The number of anilines is 1. The normalized spacial score (nSPS) is 10.0. The summed E-state index contributed by atoms with van der Waals surface area (Å²) in [6, 6.07) is 4.55. The maximum absolute atomic E-state index is 11.7. The number of nitrogens with one attached hydrogen (secondary N) is 2. The number of carbonyl (C=O) groups excluding carboxylic acids is 1. The van der Waals surface area contributed by atoms with Crippen LogP contribution in [0.15, 0.2) is 18.2 Å². The first-order valence-electron chi connectivity index (χ1n) is 6.72. The first-order valence-corrected chi connectivity index (χ1v) is 7.09. The molecule has 0 heterocycles. The molecule has 2 amide bonds. The van der Waals surface area contributed by atoms with Crippen molar-refractivity contribution in [2.75, 3.05) is 18.5 Å². The Hall–Kier alpha value is -1.95. The summed E-state index contributed by atoms with van der Waals surface area (Å²) in [7, 11) is 0. The third-order valence-corrected chi connectivity index (χ3v) is 2.74. The monoisotopic (exact) mass is 314 g/mol. The van der Waals surface area contributed by atoms with Crippen LogP contribution < -0.4 is 15.4 Å². The van der Waals surface area contributed by atoms with Gasteiger partial charge in [0.25, 0.3) is 0 Å². The van der Waals surface area contributed by atoms with Crippen LogP contribution in [0, 0.1) is 0 Å². The Balaban J connectivity index is 2.53. The molecule has 0 saturated carbocycles. The van der Waals surface area contributed by atoms with Crippen LogP contribution >= 0.6 is 11.6 Å². The van der Waals surface area contributed by atoms with Gasteiger partial charge in [0.15, 0.2) is 0 Å². The molecule has 0 aliphatic rings. The van der Waals surface area contributed by atoms with Crippen LogP contribution in [0.1, 0.15) is 26.2 Å². The lowest BCUT2D eigenvalue weighted by Gasteiger charge is -2.13. The molecule has 0 radical (unpaired) electrons. The molecule has 3 N–H and O–H groups in total. The molecule has 116 valence electrons. The van der Waals surface area contributed by atoms with Crippen molar-refractivity contribution in [3.05, 3.63) is 23.2 Å². The van der Waals surface area contributed by atoms with Gasteiger partial charge in [0.2, 0.25) is 0 Å². The van der Waals surface area contributed by atoms with Gasteiger partial charge in [0.05, 0.1) is 12.3 Å². The Labute approximate surface area is 128 Å². The van der Waals surface area contributed by atoms with Gasteiger partial charge in [0.1, 0.15) is 5.75 Å². The average Bonchev–Trinajstić information content (AvgIpc) is 2.42. The van der Waals surface area contributed by atoms with E-state index in [9.17, 15) is 9.59 Å². The highest BCUT2D eigenvalue weighted by atomic mass is 35.5. The molecule has 21 heavy (non-hydrogen) atoms. The molecule has 0 spiro atoms. The van der Waals surface area contributed by atoms with E-state index in [2.05, 4.69) is 10.6 Å². The van der Waals surface area contributed by atoms with Crippen LogP contribution in [0.5, 0.6) is 5.75 Å². The zero-order valence-electron chi connectivity index (χ0n) is 11.8. The van der Waals surface area contributed by atoms with E-state index in [1.54, 1.807) is 18.2 Å². The van der Waals surface area contributed by atoms with Crippen molar-refractivity contribution in [3.8, 4) is 5.75 Å². The third-order valence-electron chi connectivity index (χ3n) is 2.50. The van der Waals surface area contributed by atoms with Crippen molar-refractivity contribution in [3.63, 3.8) is 0 Å². The molecular formula is C14H19ClN2O4. The van der Waals surface area contributed by atoms with Crippen LogP contribution in [-0.2, 0) is 4.79 Å². The predicted octanol–water partition coefficient (Wildman–Crippen LogP) is 3.12. The molecule has 0 aliphatic carbocycles. The minimum Gasteiger partial charge on any atom is -0.491 e. The van der Waals surface area contributed by atoms with Crippen LogP contribution in [0.2, 0.25) is 5.02 Å². The fraction of sp³-hybridized carbons (Fsp3) is 0.429. The summed E-state index contributed by atoms with van der Waals surface area (Å²) in [5.41, 5.74) is 0.478. The van der Waals surface area contributed by atoms with E-state index in [-0.39, 0.29) is 13.0 Å². The fourth-order valence-corrected chi connectivity index (χ4v) is 1.72. The number of halogens is 1. The van der Waals surface area contributed by atoms with E-state index in [4.69, 9.17) is 21.4 Å². The molecule has 0 fully saturated rings. The van der Waals surface area contributed by atoms with Gasteiger partial charge in [-0.1, -0.05) is 18.5 Å². The first kappa shape index (κ1) is 17.1. The van der Waals surface area contributed by atoms with E-state index in [0.29, 0.717) is 29.5 Å². The lowest BCUT2D eigenvalue weighted by atomic mass is 10.3. The van der Waals surface area contributed by atoms with Gasteiger partial charge in [-0.15, -0.1) is 0 Å². The molecule has 0 bridgehead atoms. The summed E-state index contributed by atoms with van der Waals surface area (Å²) in [6.45, 7) is 2.80. The number of ether oxygens (including phenoxy) is 1. The SMILES string of the molecule is CCCOc1ccc(Cl)cc1NC(=O)NCCCC(=O)O. The lowest BCUT2D eigenvalue weighted by Crippen LogP contribution is -2.30. The van der Waals surface area contributed by atoms with Crippen LogP contribution in [0.25, 0.3) is 0 Å². The topological polar surface area (TPSA) is 87.7 Å². The van der Waals surface area contributed by atoms with Gasteiger partial charge < -0.3 is 20.5 Å². The van der Waals surface area contributed by atoms with E-state index < -0.39 is 12.0 Å². The fourth-order valence-electron chi connectivity index (χ4n) is 1.55. The maximum atomic E-state index is 11.7. The van der Waals surface area contributed by atoms with Crippen LogP contribution in [0.3, 0.4) is 0 Å². The van der Waals surface area contributed by atoms with Crippen LogP contribution in [0.4, 0.5) is 10.5 Å². The molecule has 0 atom stereocenters. The minimum absolute atomic E-state index is 0.0162. The van der Waals surface area contributed by atoms with Crippen LogP contribution in [-0.4, -0.2) is 30.3 Å². The molecule has 1 aromatic rings. The van der Waals surface area contributed by atoms with Gasteiger partial charge in [-0.25, -0.2) is 4.79 Å². The number of hydrogen-bond donors (Lipinski definition) is 3. The number of carbonyl (C=O) groups is 2. The molecule has 7 heteroatoms. The van der Waals surface area contributed by atoms with Crippen molar-refractivity contribution in [1.29, 1.82) is 0 Å². The zero-order valence-corrected chi connectivity index (χ0v) is 12.6. The van der Waals surface area contributed by atoms with Crippen molar-refractivity contribution in [1.82, 2.24) is 5.32 Å². The lowest BCUT2D eigenvalue weighted by molar-refractivity contribution is -0.137. The van der Waals surface area contributed by atoms with Gasteiger partial charge >= 0.3 is 12.0 Å². The summed E-state index contributed by atoms with van der Waals surface area (Å²) in [5.74, 6) is -0.343. The largest absolute Gasteiger partial charge is 0.491 e. The number of hydrogen-bond acceptors (Lipinski definition) is 3. The second kappa shape index (κ2) is 9.07. The number of amides is 2. The number of carboxylic acids is 1. The third kappa shape index (κ3) is 6.85. The highest BCUT2D eigenvalue weighted by Crippen LogP contribution is 2.28. The smallest absolute Gasteiger partial charge is 0.319 e. The van der Waals surface area contributed by atoms with E-state index in [0.717, 1.165) is 6.42 Å². The summed E-state index contributed by atoms with van der Waals surface area (Å²) < 4.78 is 5.52. The molecule has 0 aromatic heterocycles. The molecular weight excluding hydrogens is 296 g/mol. The predicted molar refractivity (Wildman–Crippen MR) is 81.1 cm³/mol. The van der Waals surface area contributed by atoms with Gasteiger partial charge in [-0.05, 0) is 31.0 Å². The summed E-state index contributed by atoms with van der Waals surface area (Å²) in [4.78, 5) is 22.1. The Morgan fingerprint density at radius 2 is 2.14 bits per heavy atom. The molecule has 1 rings (SSSR count). The van der Waals surface area contributed by atoms with Gasteiger partial charge in [0, 0.05) is 18.0 Å². The Morgan fingerprint density at radius 1 is 1.38 bits per heavy atom. The molecule has 1 aromatic carbocycles. The van der Waals surface area contributed by atoms with Crippen molar-refractivity contribution >= 4 is 29.3 Å². The maximum Gasteiger partial charge on any atom is 0.319 e. The number of benzene rings is 1. The second-order valence-electron chi connectivity index (χ2n) is 4.37. The summed E-state index contributed by atoms with van der Waals surface area (Å²) in [5, 5.41) is 14.2. The minimum atomic E-state index is -0.887. The number of aliphatic carboxylic acids is 1. The van der Waals surface area contributed by atoms with Gasteiger partial charge in [-0.3, -0.25) is 4.79 Å². The molecule has 0 aliphatic heterocycles. The molecule has 6 nitrogen and oxygen atoms in total. The molecule has 0 saturated heterocycles. The van der Waals surface area contributed by atoms with Crippen molar-refractivity contribution < 1.29 is 19.4 Å². The average molecular weight is 315 g/mol. The summed E-state index contributed by atoms with van der Waals surface area (Å²) in [6.07, 6.45) is 1.24. The van der Waals surface area contributed by atoms with Crippen molar-refractivity contribution in [2.45, 2.75) is 26.2 Å². The Kier molecular flexibility index (Phi) is 7.39. The summed E-state index contributed by atoms with van der Waals surface area (Å²) >= 11 is 5.90. The quantitative estimate of drug-likeness (QED) is 0.643. The number of urea groups is 1. The number of rotatable bonds is 8. The Morgan fingerprint density at radius 3 is 2.81 bits per heavy atom. The first-order chi connectivity index (χ1) is 10.0. The Bertz CT molecular complexity index is 494. The van der Waals surface area contributed by atoms with E-state index >= 15 is 0 Å². The highest BCUT2D eigenvalue weighted by molar-refractivity contribution is 6.31. The van der Waals surface area contributed by atoms with E-state index in [1.807, 2.05) is 6.92 Å². The number of carboxylic acid groups (broad SMARTS) is 1. The second-order valence-corrected chi connectivity index (χ2v) is 4.80. The molecule has 0 unspecified atom stereocenters. The van der Waals surface area contributed by atoms with E-state index in [1.165, 1.54) is 0 Å². The zero-order chi connectivity index (χ0) is 15.7.